The van der Waals surface area contributed by atoms with E-state index >= 15 is 0 Å². The fourth-order valence-electron chi connectivity index (χ4n) is 1.95. The van der Waals surface area contributed by atoms with E-state index in [0.29, 0.717) is 23.7 Å². The van der Waals surface area contributed by atoms with Gasteiger partial charge in [0.05, 0.1) is 25.2 Å². The van der Waals surface area contributed by atoms with Crippen LogP contribution >= 0.6 is 0 Å². The number of nitriles is 1. The molecule has 2 aromatic carbocycles. The van der Waals surface area contributed by atoms with Crippen LogP contribution < -0.4 is 9.47 Å². The molecule has 0 saturated heterocycles. The zero-order valence-corrected chi connectivity index (χ0v) is 12.1. The average molecular weight is 297 g/mol. The van der Waals surface area contributed by atoms with Crippen molar-refractivity contribution in [2.75, 3.05) is 7.11 Å². The van der Waals surface area contributed by atoms with E-state index in [-0.39, 0.29) is 6.42 Å². The molecule has 0 bridgehead atoms. The maximum atomic E-state index is 10.6. The van der Waals surface area contributed by atoms with Crippen LogP contribution in [0.4, 0.5) is 0 Å². The van der Waals surface area contributed by atoms with Crippen molar-refractivity contribution in [3.8, 4) is 17.6 Å². The average Bonchev–Trinajstić information content (AvgIpc) is 2.53. The summed E-state index contributed by atoms with van der Waals surface area (Å²) in [6, 6.07) is 14.2. The molecule has 0 amide bonds. The Bertz CT molecular complexity index is 702. The molecule has 2 rings (SSSR count). The van der Waals surface area contributed by atoms with E-state index in [4.69, 9.17) is 19.8 Å². The SMILES string of the molecule is COc1cc(C#N)ccc1OCc1ccc(CC(=O)O)cc1. The van der Waals surface area contributed by atoms with E-state index < -0.39 is 5.97 Å². The van der Waals surface area contributed by atoms with Gasteiger partial charge in [-0.2, -0.15) is 5.26 Å². The molecule has 0 aliphatic carbocycles. The molecule has 0 saturated carbocycles. The van der Waals surface area contributed by atoms with Crippen LogP contribution in [0.25, 0.3) is 0 Å². The quantitative estimate of drug-likeness (QED) is 0.886. The Kier molecular flexibility index (Phi) is 4.99. The molecule has 5 heteroatoms. The number of methoxy groups -OCH3 is 1. The highest BCUT2D eigenvalue weighted by Gasteiger charge is 2.06. The summed E-state index contributed by atoms with van der Waals surface area (Å²) in [7, 11) is 1.52. The molecule has 0 aromatic heterocycles. The number of carbonyl (C=O) groups is 1. The smallest absolute Gasteiger partial charge is 0.307 e. The second-order valence-corrected chi connectivity index (χ2v) is 4.65. The van der Waals surface area contributed by atoms with Crippen molar-refractivity contribution in [2.45, 2.75) is 13.0 Å². The van der Waals surface area contributed by atoms with E-state index in [1.165, 1.54) is 7.11 Å². The first-order valence-corrected chi connectivity index (χ1v) is 6.63. The molecule has 0 radical (unpaired) electrons. The van der Waals surface area contributed by atoms with Gasteiger partial charge in [0.25, 0.3) is 0 Å². The number of carboxylic acid groups (broad SMARTS) is 1. The molecular weight excluding hydrogens is 282 g/mol. The van der Waals surface area contributed by atoms with Crippen LogP contribution in [-0.4, -0.2) is 18.2 Å². The zero-order valence-electron chi connectivity index (χ0n) is 12.1. The largest absolute Gasteiger partial charge is 0.493 e. The molecule has 0 unspecified atom stereocenters. The summed E-state index contributed by atoms with van der Waals surface area (Å²) in [5.41, 5.74) is 2.16. The highest BCUT2D eigenvalue weighted by molar-refractivity contribution is 5.70. The summed E-state index contributed by atoms with van der Waals surface area (Å²) in [4.78, 5) is 10.6. The fourth-order valence-corrected chi connectivity index (χ4v) is 1.95. The Morgan fingerprint density at radius 1 is 1.14 bits per heavy atom. The Morgan fingerprint density at radius 2 is 1.82 bits per heavy atom. The molecule has 112 valence electrons. The third-order valence-electron chi connectivity index (χ3n) is 3.07. The molecule has 0 fully saturated rings. The molecule has 0 aliphatic heterocycles. The van der Waals surface area contributed by atoms with Crippen molar-refractivity contribution in [2.24, 2.45) is 0 Å². The molecule has 1 N–H and O–H groups in total. The van der Waals surface area contributed by atoms with E-state index in [1.54, 1.807) is 30.3 Å². The van der Waals surface area contributed by atoms with Crippen LogP contribution in [0.3, 0.4) is 0 Å². The minimum absolute atomic E-state index is 0.00455. The summed E-state index contributed by atoms with van der Waals surface area (Å²) >= 11 is 0. The fraction of sp³-hybridized carbons (Fsp3) is 0.176. The zero-order chi connectivity index (χ0) is 15.9. The van der Waals surface area contributed by atoms with Crippen molar-refractivity contribution in [3.63, 3.8) is 0 Å². The first-order chi connectivity index (χ1) is 10.6. The van der Waals surface area contributed by atoms with E-state index in [9.17, 15) is 4.79 Å². The number of rotatable bonds is 6. The van der Waals surface area contributed by atoms with Gasteiger partial charge in [0, 0.05) is 6.07 Å². The highest BCUT2D eigenvalue weighted by Crippen LogP contribution is 2.28. The molecule has 0 aliphatic rings. The van der Waals surface area contributed by atoms with Crippen LogP contribution in [0, 0.1) is 11.3 Å². The first-order valence-electron chi connectivity index (χ1n) is 6.63. The number of nitrogens with zero attached hydrogens (tertiary/aromatic N) is 1. The molecule has 0 spiro atoms. The van der Waals surface area contributed by atoms with Gasteiger partial charge in [0.15, 0.2) is 11.5 Å². The van der Waals surface area contributed by atoms with Gasteiger partial charge in [0.2, 0.25) is 0 Å². The van der Waals surface area contributed by atoms with Crippen LogP contribution in [0.2, 0.25) is 0 Å². The van der Waals surface area contributed by atoms with Gasteiger partial charge in [-0.25, -0.2) is 0 Å². The third kappa shape index (κ3) is 4.00. The lowest BCUT2D eigenvalue weighted by Gasteiger charge is -2.11. The van der Waals surface area contributed by atoms with Gasteiger partial charge in [-0.15, -0.1) is 0 Å². The number of aliphatic carboxylic acids is 1. The molecule has 5 nitrogen and oxygen atoms in total. The molecule has 2 aromatic rings. The monoisotopic (exact) mass is 297 g/mol. The number of hydrogen-bond acceptors (Lipinski definition) is 4. The van der Waals surface area contributed by atoms with Crippen molar-refractivity contribution < 1.29 is 19.4 Å². The third-order valence-corrected chi connectivity index (χ3v) is 3.07. The van der Waals surface area contributed by atoms with Gasteiger partial charge < -0.3 is 14.6 Å². The lowest BCUT2D eigenvalue weighted by molar-refractivity contribution is -0.136. The maximum Gasteiger partial charge on any atom is 0.307 e. The number of ether oxygens (including phenoxy) is 2. The van der Waals surface area contributed by atoms with Crippen LogP contribution in [0.15, 0.2) is 42.5 Å². The molecule has 0 heterocycles. The number of hydrogen-bond donors (Lipinski definition) is 1. The maximum absolute atomic E-state index is 10.6. The van der Waals surface area contributed by atoms with Gasteiger partial charge in [-0.05, 0) is 23.3 Å². The topological polar surface area (TPSA) is 79.5 Å². The normalized spacial score (nSPS) is 9.82. The lowest BCUT2D eigenvalue weighted by Crippen LogP contribution is -2.01. The van der Waals surface area contributed by atoms with E-state index in [2.05, 4.69) is 0 Å². The summed E-state index contributed by atoms with van der Waals surface area (Å²) in [6.45, 7) is 0.329. The van der Waals surface area contributed by atoms with Crippen molar-refractivity contribution in [1.29, 1.82) is 5.26 Å². The second-order valence-electron chi connectivity index (χ2n) is 4.65. The van der Waals surface area contributed by atoms with Gasteiger partial charge >= 0.3 is 5.97 Å². The van der Waals surface area contributed by atoms with Crippen LogP contribution in [0.5, 0.6) is 11.5 Å². The predicted molar refractivity (Wildman–Crippen MR) is 79.8 cm³/mol. The molecular formula is C17H15NO4. The Balaban J connectivity index is 2.04. The van der Waals surface area contributed by atoms with Crippen molar-refractivity contribution in [1.82, 2.24) is 0 Å². The predicted octanol–water partition coefficient (Wildman–Crippen LogP) is 2.77. The standard InChI is InChI=1S/C17H15NO4/c1-21-16-8-14(10-18)6-7-15(16)22-11-13-4-2-12(3-5-13)9-17(19)20/h2-8H,9,11H2,1H3,(H,19,20). The van der Waals surface area contributed by atoms with Crippen LogP contribution in [-0.2, 0) is 17.8 Å². The molecule has 0 atom stereocenters. The Morgan fingerprint density at radius 3 is 2.41 bits per heavy atom. The minimum Gasteiger partial charge on any atom is -0.493 e. The van der Waals surface area contributed by atoms with E-state index in [0.717, 1.165) is 11.1 Å². The summed E-state index contributed by atoms with van der Waals surface area (Å²) in [6.07, 6.45) is 0.00455. The van der Waals surface area contributed by atoms with Gasteiger partial charge in [-0.3, -0.25) is 4.79 Å². The van der Waals surface area contributed by atoms with Crippen molar-refractivity contribution >= 4 is 5.97 Å². The minimum atomic E-state index is -0.855. The lowest BCUT2D eigenvalue weighted by atomic mass is 10.1. The van der Waals surface area contributed by atoms with Gasteiger partial charge in [0.1, 0.15) is 6.61 Å². The number of carboxylic acids is 1. The Labute approximate surface area is 128 Å². The second kappa shape index (κ2) is 7.14. The van der Waals surface area contributed by atoms with Crippen LogP contribution in [0.1, 0.15) is 16.7 Å². The Hall–Kier alpha value is -3.00. The van der Waals surface area contributed by atoms with Crippen molar-refractivity contribution in [3.05, 3.63) is 59.2 Å². The highest BCUT2D eigenvalue weighted by atomic mass is 16.5. The van der Waals surface area contributed by atoms with Gasteiger partial charge in [-0.1, -0.05) is 24.3 Å². The molecule has 22 heavy (non-hydrogen) atoms. The first kappa shape index (κ1) is 15.4. The summed E-state index contributed by atoms with van der Waals surface area (Å²) < 4.78 is 10.9. The summed E-state index contributed by atoms with van der Waals surface area (Å²) in [5.74, 6) is 0.198. The summed E-state index contributed by atoms with van der Waals surface area (Å²) in [5, 5.41) is 17.6. The van der Waals surface area contributed by atoms with E-state index in [1.807, 2.05) is 18.2 Å². The number of benzene rings is 2.